The first-order valence-electron chi connectivity index (χ1n) is 8.23. The molecule has 0 saturated carbocycles. The molecule has 2 N–H and O–H groups in total. The standard InChI is InChI=1S/C18H14ClN3O3S2/c19-11-5-4-9(18(24)25)6-12(11)22-14(23)7-26-16-15-10-2-1-3-13(10)27-17(15)21-8-20-16/h4-6,8H,1-3,7H2,(H,22,23)(H,24,25). The van der Waals surface area contributed by atoms with Crippen molar-refractivity contribution < 1.29 is 14.7 Å². The van der Waals surface area contributed by atoms with Crippen molar-refractivity contribution >= 4 is 62.5 Å². The fraction of sp³-hybridized carbons (Fsp3) is 0.222. The molecule has 0 saturated heterocycles. The van der Waals surface area contributed by atoms with Crippen molar-refractivity contribution in [3.63, 3.8) is 0 Å². The number of nitrogens with one attached hydrogen (secondary N) is 1. The number of halogens is 1. The van der Waals surface area contributed by atoms with E-state index in [0.29, 0.717) is 5.02 Å². The number of aromatic carboxylic acids is 1. The number of aryl methyl sites for hydroxylation is 2. The molecule has 1 aromatic carbocycles. The third-order valence-electron chi connectivity index (χ3n) is 4.29. The van der Waals surface area contributed by atoms with E-state index >= 15 is 0 Å². The molecule has 1 aliphatic rings. The second-order valence-corrected chi connectivity index (χ2v) is 8.51. The average molecular weight is 420 g/mol. The summed E-state index contributed by atoms with van der Waals surface area (Å²) in [5.41, 5.74) is 1.66. The van der Waals surface area contributed by atoms with Crippen molar-refractivity contribution in [1.82, 2.24) is 9.97 Å². The van der Waals surface area contributed by atoms with Crippen LogP contribution in [0.1, 0.15) is 27.2 Å². The molecule has 0 spiro atoms. The number of hydrogen-bond donors (Lipinski definition) is 2. The zero-order valence-corrected chi connectivity index (χ0v) is 16.4. The fourth-order valence-electron chi connectivity index (χ4n) is 3.08. The molecule has 9 heteroatoms. The Balaban J connectivity index is 1.50. The van der Waals surface area contributed by atoms with Crippen LogP contribution in [0, 0.1) is 0 Å². The number of carboxylic acids is 1. The van der Waals surface area contributed by atoms with Crippen molar-refractivity contribution in [3.8, 4) is 0 Å². The molecular formula is C18H14ClN3O3S2. The second-order valence-electron chi connectivity index (χ2n) is 6.05. The first-order chi connectivity index (χ1) is 13.0. The molecule has 0 fully saturated rings. The van der Waals surface area contributed by atoms with Gasteiger partial charge in [-0.25, -0.2) is 14.8 Å². The minimum atomic E-state index is -1.08. The lowest BCUT2D eigenvalue weighted by atomic mass is 10.2. The van der Waals surface area contributed by atoms with E-state index in [1.54, 1.807) is 11.3 Å². The van der Waals surface area contributed by atoms with Crippen molar-refractivity contribution in [3.05, 3.63) is 45.6 Å². The Labute approximate surface area is 168 Å². The number of carboxylic acid groups (broad SMARTS) is 1. The van der Waals surface area contributed by atoms with E-state index in [4.69, 9.17) is 16.7 Å². The molecule has 6 nitrogen and oxygen atoms in total. The molecule has 0 unspecified atom stereocenters. The zero-order chi connectivity index (χ0) is 19.0. The molecule has 0 radical (unpaired) electrons. The van der Waals surface area contributed by atoms with Crippen molar-refractivity contribution in [2.75, 3.05) is 11.1 Å². The number of nitrogens with zero attached hydrogens (tertiary/aromatic N) is 2. The minimum Gasteiger partial charge on any atom is -0.478 e. The van der Waals surface area contributed by atoms with E-state index in [-0.39, 0.29) is 22.9 Å². The molecule has 138 valence electrons. The van der Waals surface area contributed by atoms with Gasteiger partial charge in [-0.15, -0.1) is 11.3 Å². The Kier molecular flexibility index (Phi) is 5.03. The normalized spacial score (nSPS) is 12.9. The minimum absolute atomic E-state index is 0.0636. The predicted octanol–water partition coefficient (Wildman–Crippen LogP) is 4.26. The maximum atomic E-state index is 12.3. The highest BCUT2D eigenvalue weighted by atomic mass is 35.5. The number of aromatic nitrogens is 2. The third-order valence-corrected chi connectivity index (χ3v) is 6.81. The number of thiophene rings is 1. The molecule has 1 amide bonds. The number of hydrogen-bond acceptors (Lipinski definition) is 6. The van der Waals surface area contributed by atoms with Gasteiger partial charge in [-0.1, -0.05) is 23.4 Å². The number of thioether (sulfide) groups is 1. The maximum Gasteiger partial charge on any atom is 0.335 e. The molecule has 2 aromatic heterocycles. The van der Waals surface area contributed by atoms with Gasteiger partial charge in [0.1, 0.15) is 16.2 Å². The monoisotopic (exact) mass is 419 g/mol. The Morgan fingerprint density at radius 3 is 2.96 bits per heavy atom. The highest BCUT2D eigenvalue weighted by molar-refractivity contribution is 8.00. The Bertz CT molecular complexity index is 1070. The Morgan fingerprint density at radius 2 is 2.15 bits per heavy atom. The lowest BCUT2D eigenvalue weighted by molar-refractivity contribution is -0.113. The van der Waals surface area contributed by atoms with E-state index in [2.05, 4.69) is 15.3 Å². The second kappa shape index (κ2) is 7.46. The van der Waals surface area contributed by atoms with Gasteiger partial charge in [-0.05, 0) is 43.0 Å². The van der Waals surface area contributed by atoms with E-state index in [1.165, 1.54) is 46.7 Å². The summed E-state index contributed by atoms with van der Waals surface area (Å²) in [6, 6.07) is 4.20. The van der Waals surface area contributed by atoms with Crippen molar-refractivity contribution in [2.45, 2.75) is 24.3 Å². The van der Waals surface area contributed by atoms with Crippen LogP contribution >= 0.6 is 34.7 Å². The lowest BCUT2D eigenvalue weighted by Gasteiger charge is -2.08. The molecule has 0 bridgehead atoms. The van der Waals surface area contributed by atoms with Crippen LogP contribution in [-0.4, -0.2) is 32.7 Å². The van der Waals surface area contributed by atoms with Crippen LogP contribution in [0.15, 0.2) is 29.6 Å². The largest absolute Gasteiger partial charge is 0.478 e. The number of carbonyl (C=O) groups is 2. The van der Waals surface area contributed by atoms with Crippen LogP contribution in [0.5, 0.6) is 0 Å². The zero-order valence-electron chi connectivity index (χ0n) is 14.0. The van der Waals surface area contributed by atoms with Gasteiger partial charge < -0.3 is 10.4 Å². The summed E-state index contributed by atoms with van der Waals surface area (Å²) in [4.78, 5) is 34.5. The van der Waals surface area contributed by atoms with Gasteiger partial charge in [0.05, 0.1) is 22.0 Å². The number of anilines is 1. The quantitative estimate of drug-likeness (QED) is 0.474. The van der Waals surface area contributed by atoms with Gasteiger partial charge in [-0.3, -0.25) is 4.79 Å². The number of benzene rings is 1. The van der Waals surface area contributed by atoms with Crippen LogP contribution in [0.4, 0.5) is 5.69 Å². The number of rotatable bonds is 5. The summed E-state index contributed by atoms with van der Waals surface area (Å²) in [6.07, 6.45) is 4.79. The van der Waals surface area contributed by atoms with Gasteiger partial charge in [0.25, 0.3) is 0 Å². The van der Waals surface area contributed by atoms with Crippen LogP contribution in [-0.2, 0) is 17.6 Å². The highest BCUT2D eigenvalue weighted by Crippen LogP contribution is 2.40. The predicted molar refractivity (Wildman–Crippen MR) is 107 cm³/mol. The average Bonchev–Trinajstić information content (AvgIpc) is 3.22. The van der Waals surface area contributed by atoms with Gasteiger partial charge in [-0.2, -0.15) is 0 Å². The van der Waals surface area contributed by atoms with Gasteiger partial charge >= 0.3 is 5.97 Å². The van der Waals surface area contributed by atoms with E-state index in [1.807, 2.05) is 0 Å². The number of fused-ring (bicyclic) bond motifs is 3. The van der Waals surface area contributed by atoms with E-state index in [9.17, 15) is 9.59 Å². The third kappa shape index (κ3) is 3.65. The van der Waals surface area contributed by atoms with Gasteiger partial charge in [0.15, 0.2) is 0 Å². The van der Waals surface area contributed by atoms with E-state index < -0.39 is 5.97 Å². The Hall–Kier alpha value is -2.16. The van der Waals surface area contributed by atoms with Crippen LogP contribution in [0.25, 0.3) is 10.2 Å². The summed E-state index contributed by atoms with van der Waals surface area (Å²) in [5, 5.41) is 13.9. The van der Waals surface area contributed by atoms with Crippen LogP contribution in [0.3, 0.4) is 0 Å². The summed E-state index contributed by atoms with van der Waals surface area (Å²) >= 11 is 9.11. The lowest BCUT2D eigenvalue weighted by Crippen LogP contribution is -2.15. The van der Waals surface area contributed by atoms with Gasteiger partial charge in [0, 0.05) is 10.3 Å². The SMILES string of the molecule is O=C(CSc1ncnc2sc3c(c12)CCC3)Nc1cc(C(=O)O)ccc1Cl. The molecule has 0 aliphatic heterocycles. The molecule has 1 aliphatic carbocycles. The topological polar surface area (TPSA) is 92.2 Å². The summed E-state index contributed by atoms with van der Waals surface area (Å²) < 4.78 is 0. The first-order valence-corrected chi connectivity index (χ1v) is 10.4. The number of amides is 1. The van der Waals surface area contributed by atoms with Gasteiger partial charge in [0.2, 0.25) is 5.91 Å². The Morgan fingerprint density at radius 1 is 1.30 bits per heavy atom. The highest BCUT2D eigenvalue weighted by Gasteiger charge is 2.21. The molecule has 3 aromatic rings. The maximum absolute atomic E-state index is 12.3. The molecule has 27 heavy (non-hydrogen) atoms. The molecule has 4 rings (SSSR count). The summed E-state index contributed by atoms with van der Waals surface area (Å²) in [7, 11) is 0. The summed E-state index contributed by atoms with van der Waals surface area (Å²) in [6.45, 7) is 0. The molecule has 2 heterocycles. The van der Waals surface area contributed by atoms with Crippen LogP contribution < -0.4 is 5.32 Å². The molecular weight excluding hydrogens is 406 g/mol. The smallest absolute Gasteiger partial charge is 0.335 e. The number of carbonyl (C=O) groups excluding carboxylic acids is 1. The van der Waals surface area contributed by atoms with E-state index in [0.717, 1.165) is 34.5 Å². The summed E-state index contributed by atoms with van der Waals surface area (Å²) in [5.74, 6) is -1.21. The van der Waals surface area contributed by atoms with Crippen LogP contribution in [0.2, 0.25) is 5.02 Å². The first kappa shape index (κ1) is 18.2. The van der Waals surface area contributed by atoms with Crippen molar-refractivity contribution in [1.29, 1.82) is 0 Å². The molecule has 0 atom stereocenters. The fourth-order valence-corrected chi connectivity index (χ4v) is 5.37. The van der Waals surface area contributed by atoms with Crippen molar-refractivity contribution in [2.24, 2.45) is 0 Å².